The molecule has 7 nitrogen and oxygen atoms in total. The molecule has 0 radical (unpaired) electrons. The average Bonchev–Trinajstić information content (AvgIpc) is 2.69. The summed E-state index contributed by atoms with van der Waals surface area (Å²) < 4.78 is 5.13. The van der Waals surface area contributed by atoms with Gasteiger partial charge in [-0.3, -0.25) is 4.90 Å². The second-order valence-electron chi connectivity index (χ2n) is 6.55. The molecule has 1 unspecified atom stereocenters. The monoisotopic (exact) mass is 350 g/mol. The average molecular weight is 350 g/mol. The van der Waals surface area contributed by atoms with E-state index in [0.717, 1.165) is 43.0 Å². The summed E-state index contributed by atoms with van der Waals surface area (Å²) in [6, 6.07) is 8.38. The van der Waals surface area contributed by atoms with Crippen LogP contribution in [0.25, 0.3) is 11.0 Å². The predicted molar refractivity (Wildman–Crippen MR) is 100 cm³/mol. The van der Waals surface area contributed by atoms with Crippen LogP contribution in [-0.2, 0) is 6.54 Å². The lowest BCUT2D eigenvalue weighted by Crippen LogP contribution is -2.51. The van der Waals surface area contributed by atoms with E-state index >= 15 is 0 Å². The molecule has 0 bridgehead atoms. The summed E-state index contributed by atoms with van der Waals surface area (Å²) >= 11 is 0. The Bertz CT molecular complexity index is 879. The van der Waals surface area contributed by atoms with Gasteiger partial charge in [0, 0.05) is 50.7 Å². The van der Waals surface area contributed by atoms with Crippen LogP contribution in [-0.4, -0.2) is 57.6 Å². The minimum absolute atomic E-state index is 0.410. The van der Waals surface area contributed by atoms with Crippen LogP contribution < -0.4 is 9.64 Å². The zero-order valence-corrected chi connectivity index (χ0v) is 15.0. The highest BCUT2D eigenvalue weighted by Crippen LogP contribution is 2.24. The number of methoxy groups -OCH3 is 1. The van der Waals surface area contributed by atoms with E-state index in [1.165, 1.54) is 5.56 Å². The molecule has 0 N–H and O–H groups in total. The van der Waals surface area contributed by atoms with Crippen molar-refractivity contribution in [2.24, 2.45) is 0 Å². The van der Waals surface area contributed by atoms with E-state index in [0.29, 0.717) is 11.9 Å². The molecule has 4 rings (SSSR count). The SMILES string of the molecule is COc1ccc(CN2CCN(c3ncnc4ncccc34)CC2C)cn1. The lowest BCUT2D eigenvalue weighted by molar-refractivity contribution is 0.180. The van der Waals surface area contributed by atoms with Crippen LogP contribution in [0.15, 0.2) is 43.0 Å². The van der Waals surface area contributed by atoms with Crippen molar-refractivity contribution in [3.8, 4) is 5.88 Å². The molecule has 7 heteroatoms. The number of pyridine rings is 2. The van der Waals surface area contributed by atoms with Gasteiger partial charge in [0.15, 0.2) is 5.65 Å². The molecule has 0 spiro atoms. The van der Waals surface area contributed by atoms with Crippen molar-refractivity contribution in [3.05, 3.63) is 48.5 Å². The number of fused-ring (bicyclic) bond motifs is 1. The number of aromatic nitrogens is 4. The number of anilines is 1. The molecule has 26 heavy (non-hydrogen) atoms. The number of nitrogens with zero attached hydrogens (tertiary/aromatic N) is 6. The Morgan fingerprint density at radius 2 is 2.04 bits per heavy atom. The predicted octanol–water partition coefficient (Wildman–Crippen LogP) is 2.14. The number of hydrogen-bond acceptors (Lipinski definition) is 7. The second kappa shape index (κ2) is 7.21. The standard InChI is InChI=1S/C19H22N6O/c1-14-11-25(19-16-4-3-7-20-18(16)22-13-23-19)9-8-24(14)12-15-5-6-17(26-2)21-10-15/h3-7,10,13-14H,8-9,11-12H2,1-2H3. The first-order chi connectivity index (χ1) is 12.7. The smallest absolute Gasteiger partial charge is 0.212 e. The third-order valence-electron chi connectivity index (χ3n) is 4.84. The summed E-state index contributed by atoms with van der Waals surface area (Å²) in [5.41, 5.74) is 1.94. The van der Waals surface area contributed by atoms with Crippen molar-refractivity contribution in [1.82, 2.24) is 24.8 Å². The van der Waals surface area contributed by atoms with Gasteiger partial charge in [-0.2, -0.15) is 0 Å². The van der Waals surface area contributed by atoms with E-state index in [4.69, 9.17) is 4.74 Å². The highest BCUT2D eigenvalue weighted by atomic mass is 16.5. The van der Waals surface area contributed by atoms with E-state index in [1.807, 2.05) is 24.4 Å². The minimum Gasteiger partial charge on any atom is -0.481 e. The number of piperazine rings is 1. The lowest BCUT2D eigenvalue weighted by atomic mass is 10.1. The van der Waals surface area contributed by atoms with E-state index < -0.39 is 0 Å². The first kappa shape index (κ1) is 16.7. The van der Waals surface area contributed by atoms with Gasteiger partial charge in [-0.15, -0.1) is 0 Å². The van der Waals surface area contributed by atoms with E-state index in [2.05, 4.69) is 42.7 Å². The largest absolute Gasteiger partial charge is 0.481 e. The van der Waals surface area contributed by atoms with Gasteiger partial charge in [-0.05, 0) is 24.6 Å². The molecule has 134 valence electrons. The molecule has 1 aliphatic heterocycles. The van der Waals surface area contributed by atoms with E-state index in [-0.39, 0.29) is 0 Å². The molecule has 0 saturated carbocycles. The maximum atomic E-state index is 5.13. The van der Waals surface area contributed by atoms with Gasteiger partial charge in [0.1, 0.15) is 12.1 Å². The summed E-state index contributed by atoms with van der Waals surface area (Å²) in [5, 5.41) is 1.01. The maximum Gasteiger partial charge on any atom is 0.212 e. The van der Waals surface area contributed by atoms with Crippen LogP contribution in [0.1, 0.15) is 12.5 Å². The number of hydrogen-bond donors (Lipinski definition) is 0. The fourth-order valence-corrected chi connectivity index (χ4v) is 3.42. The summed E-state index contributed by atoms with van der Waals surface area (Å²) in [7, 11) is 1.63. The van der Waals surface area contributed by atoms with Crippen LogP contribution in [0, 0.1) is 0 Å². The summed E-state index contributed by atoms with van der Waals surface area (Å²) in [5.74, 6) is 1.62. The van der Waals surface area contributed by atoms with Crippen molar-refractivity contribution < 1.29 is 4.74 Å². The van der Waals surface area contributed by atoms with Crippen LogP contribution >= 0.6 is 0 Å². The zero-order valence-electron chi connectivity index (χ0n) is 15.0. The van der Waals surface area contributed by atoms with Gasteiger partial charge in [0.05, 0.1) is 12.5 Å². The first-order valence-corrected chi connectivity index (χ1v) is 8.78. The molecule has 1 fully saturated rings. The van der Waals surface area contributed by atoms with Crippen LogP contribution in [0.5, 0.6) is 5.88 Å². The summed E-state index contributed by atoms with van der Waals surface area (Å²) in [6.07, 6.45) is 5.26. The van der Waals surface area contributed by atoms with Gasteiger partial charge < -0.3 is 9.64 Å². The Hall–Kier alpha value is -2.80. The summed E-state index contributed by atoms with van der Waals surface area (Å²) in [4.78, 5) is 22.2. The topological polar surface area (TPSA) is 67.3 Å². The lowest BCUT2D eigenvalue weighted by Gasteiger charge is -2.40. The maximum absolute atomic E-state index is 5.13. The Labute approximate surface area is 152 Å². The molecule has 0 amide bonds. The van der Waals surface area contributed by atoms with Crippen molar-refractivity contribution in [1.29, 1.82) is 0 Å². The highest BCUT2D eigenvalue weighted by Gasteiger charge is 2.25. The first-order valence-electron chi connectivity index (χ1n) is 8.78. The minimum atomic E-state index is 0.410. The molecule has 3 aromatic rings. The zero-order chi connectivity index (χ0) is 17.9. The number of ether oxygens (including phenoxy) is 1. The van der Waals surface area contributed by atoms with Gasteiger partial charge in [-0.1, -0.05) is 6.07 Å². The second-order valence-corrected chi connectivity index (χ2v) is 6.55. The Kier molecular flexibility index (Phi) is 4.62. The molecule has 4 heterocycles. The summed E-state index contributed by atoms with van der Waals surface area (Å²) in [6.45, 7) is 5.96. The fourth-order valence-electron chi connectivity index (χ4n) is 3.42. The molecular formula is C19H22N6O. The van der Waals surface area contributed by atoms with Crippen molar-refractivity contribution in [2.45, 2.75) is 19.5 Å². The van der Waals surface area contributed by atoms with Gasteiger partial charge in [-0.25, -0.2) is 19.9 Å². The van der Waals surface area contributed by atoms with Crippen molar-refractivity contribution in [2.75, 3.05) is 31.6 Å². The normalized spacial score (nSPS) is 18.2. The molecule has 3 aromatic heterocycles. The molecule has 1 atom stereocenters. The molecule has 1 aliphatic rings. The van der Waals surface area contributed by atoms with Gasteiger partial charge in [0.2, 0.25) is 5.88 Å². The molecule has 1 saturated heterocycles. The van der Waals surface area contributed by atoms with Crippen LogP contribution in [0.3, 0.4) is 0 Å². The quantitative estimate of drug-likeness (QED) is 0.714. The van der Waals surface area contributed by atoms with E-state index in [1.54, 1.807) is 19.6 Å². The van der Waals surface area contributed by atoms with Crippen molar-refractivity contribution in [3.63, 3.8) is 0 Å². The van der Waals surface area contributed by atoms with Crippen molar-refractivity contribution >= 4 is 16.9 Å². The Morgan fingerprint density at radius 1 is 1.12 bits per heavy atom. The van der Waals surface area contributed by atoms with Crippen LogP contribution in [0.2, 0.25) is 0 Å². The number of rotatable bonds is 4. The Morgan fingerprint density at radius 3 is 2.81 bits per heavy atom. The van der Waals surface area contributed by atoms with E-state index in [9.17, 15) is 0 Å². The molecule has 0 aliphatic carbocycles. The third kappa shape index (κ3) is 3.30. The van der Waals surface area contributed by atoms with Gasteiger partial charge in [0.25, 0.3) is 0 Å². The van der Waals surface area contributed by atoms with Gasteiger partial charge >= 0.3 is 0 Å². The fraction of sp³-hybridized carbons (Fsp3) is 0.368. The van der Waals surface area contributed by atoms with Crippen LogP contribution in [0.4, 0.5) is 5.82 Å². The molecular weight excluding hydrogens is 328 g/mol. The highest BCUT2D eigenvalue weighted by molar-refractivity contribution is 5.86. The third-order valence-corrected chi connectivity index (χ3v) is 4.84. The Balaban J connectivity index is 1.47. The molecule has 0 aromatic carbocycles.